The molecule has 1 heterocycles. The summed E-state index contributed by atoms with van der Waals surface area (Å²) in [5.74, 6) is -0.265. The van der Waals surface area contributed by atoms with Crippen LogP contribution in [0.3, 0.4) is 0 Å². The number of nitrogens with two attached hydrogens (primary N) is 1. The summed E-state index contributed by atoms with van der Waals surface area (Å²) in [4.78, 5) is 14.7. The van der Waals surface area contributed by atoms with Gasteiger partial charge < -0.3 is 15.4 Å². The number of amides is 1. The minimum Gasteiger partial charge on any atom is -0.378 e. The molecule has 1 fully saturated rings. The van der Waals surface area contributed by atoms with Crippen molar-refractivity contribution >= 4 is 18.3 Å². The van der Waals surface area contributed by atoms with Crippen LogP contribution in [-0.2, 0) is 14.9 Å². The quantitative estimate of drug-likeness (QED) is 0.795. The van der Waals surface area contributed by atoms with Crippen molar-refractivity contribution in [1.82, 2.24) is 4.90 Å². The first-order chi connectivity index (χ1) is 10.9. The van der Waals surface area contributed by atoms with Gasteiger partial charge in [-0.15, -0.1) is 12.4 Å². The third-order valence-corrected chi connectivity index (χ3v) is 4.51. The van der Waals surface area contributed by atoms with Gasteiger partial charge in [0.2, 0.25) is 5.91 Å². The lowest BCUT2D eigenvalue weighted by Crippen LogP contribution is -2.48. The third-order valence-electron chi connectivity index (χ3n) is 4.51. The first-order valence-electron chi connectivity index (χ1n) is 8.32. The number of rotatable bonds is 6. The first-order valence-corrected chi connectivity index (χ1v) is 8.32. The minimum atomic E-state index is -0.727. The van der Waals surface area contributed by atoms with Crippen molar-refractivity contribution in [1.29, 1.82) is 0 Å². The molecule has 2 rings (SSSR count). The van der Waals surface area contributed by atoms with Crippen LogP contribution in [0.1, 0.15) is 38.7 Å². The Balaban J connectivity index is 0.00000288. The molecule has 0 bridgehead atoms. The number of carbonyl (C=O) groups excluding carboxylic acids is 1. The predicted molar refractivity (Wildman–Crippen MR) is 95.9 cm³/mol. The molecule has 0 atom stereocenters. The molecule has 1 aliphatic rings. The second-order valence-corrected chi connectivity index (χ2v) is 6.64. The zero-order chi connectivity index (χ0) is 16.9. The number of ether oxygens (including phenoxy) is 1. The average Bonchev–Trinajstić information content (AvgIpc) is 2.55. The van der Waals surface area contributed by atoms with Crippen LogP contribution in [-0.4, -0.2) is 43.2 Å². The smallest absolute Gasteiger partial charge is 0.232 e. The van der Waals surface area contributed by atoms with Crippen molar-refractivity contribution in [3.8, 4) is 0 Å². The van der Waals surface area contributed by atoms with Crippen molar-refractivity contribution in [2.24, 2.45) is 5.73 Å². The van der Waals surface area contributed by atoms with Gasteiger partial charge in [-0.3, -0.25) is 4.79 Å². The largest absolute Gasteiger partial charge is 0.378 e. The predicted octanol–water partition coefficient (Wildman–Crippen LogP) is 2.88. The zero-order valence-electron chi connectivity index (χ0n) is 14.5. The highest BCUT2D eigenvalue weighted by Crippen LogP contribution is 2.28. The molecule has 0 saturated carbocycles. The van der Waals surface area contributed by atoms with Crippen LogP contribution < -0.4 is 5.73 Å². The fourth-order valence-corrected chi connectivity index (χ4v) is 2.95. The summed E-state index contributed by atoms with van der Waals surface area (Å²) in [6, 6.07) is 6.30. The number of likely N-dealkylation sites (tertiary alicyclic amines) is 1. The van der Waals surface area contributed by atoms with E-state index in [4.69, 9.17) is 10.5 Å². The zero-order valence-corrected chi connectivity index (χ0v) is 15.3. The molecule has 1 saturated heterocycles. The van der Waals surface area contributed by atoms with Crippen LogP contribution in [0.5, 0.6) is 0 Å². The van der Waals surface area contributed by atoms with Crippen molar-refractivity contribution in [3.63, 3.8) is 0 Å². The number of piperidine rings is 1. The van der Waals surface area contributed by atoms with Crippen molar-refractivity contribution in [2.45, 2.75) is 44.6 Å². The molecule has 4 nitrogen and oxygen atoms in total. The molecule has 0 aromatic heterocycles. The molecule has 136 valence electrons. The van der Waals surface area contributed by atoms with Crippen LogP contribution in [0, 0.1) is 5.82 Å². The molecule has 0 radical (unpaired) electrons. The fourth-order valence-electron chi connectivity index (χ4n) is 2.95. The summed E-state index contributed by atoms with van der Waals surface area (Å²) in [6.45, 7) is 6.40. The van der Waals surface area contributed by atoms with Crippen LogP contribution in [0.2, 0.25) is 0 Å². The van der Waals surface area contributed by atoms with E-state index in [-0.39, 0.29) is 30.2 Å². The Labute approximate surface area is 149 Å². The van der Waals surface area contributed by atoms with Gasteiger partial charge in [0, 0.05) is 19.7 Å². The maximum atomic E-state index is 13.5. The van der Waals surface area contributed by atoms with Gasteiger partial charge in [-0.1, -0.05) is 12.1 Å². The Kier molecular flexibility index (Phi) is 8.13. The minimum absolute atomic E-state index is 0. The van der Waals surface area contributed by atoms with E-state index in [0.29, 0.717) is 31.8 Å². The second-order valence-electron chi connectivity index (χ2n) is 6.64. The topological polar surface area (TPSA) is 55.6 Å². The highest BCUT2D eigenvalue weighted by atomic mass is 35.5. The van der Waals surface area contributed by atoms with Crippen molar-refractivity contribution in [3.05, 3.63) is 35.6 Å². The Hall–Kier alpha value is -1.17. The summed E-state index contributed by atoms with van der Waals surface area (Å²) in [6.07, 6.45) is 2.76. The van der Waals surface area contributed by atoms with Crippen LogP contribution >= 0.6 is 12.4 Å². The van der Waals surface area contributed by atoms with Gasteiger partial charge in [0.25, 0.3) is 0 Å². The lowest BCUT2D eigenvalue weighted by Gasteiger charge is -2.37. The SMILES string of the molecule is CC(C)(C(=O)N1CCC(OCCCN)CC1)c1cccc(F)c1.Cl. The summed E-state index contributed by atoms with van der Waals surface area (Å²) < 4.78 is 19.2. The molecule has 6 heteroatoms. The van der Waals surface area contributed by atoms with Gasteiger partial charge in [-0.05, 0) is 57.4 Å². The van der Waals surface area contributed by atoms with Gasteiger partial charge in [0.1, 0.15) is 5.82 Å². The molecule has 24 heavy (non-hydrogen) atoms. The number of benzene rings is 1. The lowest BCUT2D eigenvalue weighted by molar-refractivity contribution is -0.139. The monoisotopic (exact) mass is 358 g/mol. The molecule has 0 unspecified atom stereocenters. The molecule has 1 aliphatic heterocycles. The fraction of sp³-hybridized carbons (Fsp3) is 0.611. The van der Waals surface area contributed by atoms with Crippen molar-refractivity contribution in [2.75, 3.05) is 26.2 Å². The van der Waals surface area contributed by atoms with Crippen LogP contribution in [0.15, 0.2) is 24.3 Å². The number of halogens is 2. The van der Waals surface area contributed by atoms with Gasteiger partial charge in [-0.2, -0.15) is 0 Å². The molecular formula is C18H28ClFN2O2. The van der Waals surface area contributed by atoms with Gasteiger partial charge in [0.15, 0.2) is 0 Å². The van der Waals surface area contributed by atoms with E-state index in [9.17, 15) is 9.18 Å². The Bertz CT molecular complexity index is 532. The highest BCUT2D eigenvalue weighted by molar-refractivity contribution is 5.87. The Morgan fingerprint density at radius 3 is 2.62 bits per heavy atom. The van der Waals surface area contributed by atoms with E-state index in [1.165, 1.54) is 12.1 Å². The molecule has 1 amide bonds. The molecule has 0 spiro atoms. The maximum absolute atomic E-state index is 13.5. The lowest BCUT2D eigenvalue weighted by atomic mass is 9.82. The normalized spacial score (nSPS) is 15.9. The number of nitrogens with zero attached hydrogens (tertiary/aromatic N) is 1. The van der Waals surface area contributed by atoms with E-state index in [0.717, 1.165) is 19.3 Å². The highest BCUT2D eigenvalue weighted by Gasteiger charge is 2.35. The Morgan fingerprint density at radius 1 is 1.38 bits per heavy atom. The number of hydrogen-bond donors (Lipinski definition) is 1. The van der Waals surface area contributed by atoms with Crippen molar-refractivity contribution < 1.29 is 13.9 Å². The van der Waals surface area contributed by atoms with E-state index in [2.05, 4.69) is 0 Å². The van der Waals surface area contributed by atoms with E-state index >= 15 is 0 Å². The van der Waals surface area contributed by atoms with E-state index in [1.54, 1.807) is 6.07 Å². The van der Waals surface area contributed by atoms with Gasteiger partial charge >= 0.3 is 0 Å². The third kappa shape index (κ3) is 5.16. The summed E-state index contributed by atoms with van der Waals surface area (Å²) in [5.41, 5.74) is 5.45. The average molecular weight is 359 g/mol. The summed E-state index contributed by atoms with van der Waals surface area (Å²) in [5, 5.41) is 0. The van der Waals surface area contributed by atoms with Gasteiger partial charge in [0.05, 0.1) is 11.5 Å². The van der Waals surface area contributed by atoms with Gasteiger partial charge in [-0.25, -0.2) is 4.39 Å². The molecule has 2 N–H and O–H groups in total. The first kappa shape index (κ1) is 20.9. The van der Waals surface area contributed by atoms with E-state index < -0.39 is 5.41 Å². The summed E-state index contributed by atoms with van der Waals surface area (Å²) in [7, 11) is 0. The number of carbonyl (C=O) groups is 1. The Morgan fingerprint density at radius 2 is 2.04 bits per heavy atom. The maximum Gasteiger partial charge on any atom is 0.232 e. The molecule has 1 aromatic rings. The van der Waals surface area contributed by atoms with Crippen LogP contribution in [0.4, 0.5) is 4.39 Å². The number of hydrogen-bond acceptors (Lipinski definition) is 3. The standard InChI is InChI=1S/C18H27FN2O2.ClH/c1-18(2,14-5-3-6-15(19)13-14)17(22)21-10-7-16(8-11-21)23-12-4-9-20;/h3,5-6,13,16H,4,7-12,20H2,1-2H3;1H. The molecule has 1 aromatic carbocycles. The summed E-state index contributed by atoms with van der Waals surface area (Å²) >= 11 is 0. The molecular weight excluding hydrogens is 331 g/mol. The second kappa shape index (κ2) is 9.35. The van der Waals surface area contributed by atoms with Crippen LogP contribution in [0.25, 0.3) is 0 Å². The molecule has 0 aliphatic carbocycles. The van der Waals surface area contributed by atoms with E-state index in [1.807, 2.05) is 24.8 Å².